The number of hydrogen-bond acceptors (Lipinski definition) is 3. The smallest absolute Gasteiger partial charge is 0.250 e. The predicted molar refractivity (Wildman–Crippen MR) is 93.0 cm³/mol. The highest BCUT2D eigenvalue weighted by molar-refractivity contribution is 7.99. The van der Waals surface area contributed by atoms with Crippen molar-refractivity contribution in [1.29, 1.82) is 0 Å². The van der Waals surface area contributed by atoms with Crippen molar-refractivity contribution >= 4 is 29.3 Å². The molecular weight excluding hydrogens is 332 g/mol. The van der Waals surface area contributed by atoms with E-state index in [4.69, 9.17) is 11.6 Å². The Morgan fingerprint density at radius 1 is 1.35 bits per heavy atom. The number of nitrogens with one attached hydrogen (secondary N) is 1. The summed E-state index contributed by atoms with van der Waals surface area (Å²) in [4.78, 5) is 25.0. The molecule has 1 N–H and O–H groups in total. The highest BCUT2D eigenvalue weighted by Crippen LogP contribution is 2.37. The zero-order valence-corrected chi connectivity index (χ0v) is 14.1. The summed E-state index contributed by atoms with van der Waals surface area (Å²) < 4.78 is 1.54. The molecule has 0 bridgehead atoms. The molecule has 1 amide bonds. The van der Waals surface area contributed by atoms with Gasteiger partial charge < -0.3 is 9.88 Å². The third kappa shape index (κ3) is 3.98. The Bertz CT molecular complexity index is 775. The molecule has 0 saturated carbocycles. The molecule has 2 heterocycles. The van der Waals surface area contributed by atoms with Crippen LogP contribution in [0, 0.1) is 0 Å². The summed E-state index contributed by atoms with van der Waals surface area (Å²) in [6.45, 7) is 0.384. The molecule has 1 aromatic heterocycles. The van der Waals surface area contributed by atoms with Crippen molar-refractivity contribution in [1.82, 2.24) is 9.88 Å². The van der Waals surface area contributed by atoms with Crippen LogP contribution in [-0.2, 0) is 11.3 Å². The number of carbonyl (C=O) groups excluding carboxylic acids is 1. The molecule has 0 fully saturated rings. The van der Waals surface area contributed by atoms with Crippen molar-refractivity contribution in [2.24, 2.45) is 0 Å². The molecule has 1 unspecified atom stereocenters. The molecule has 3 rings (SSSR count). The number of thioether (sulfide) groups is 1. The fourth-order valence-electron chi connectivity index (χ4n) is 2.65. The number of benzene rings is 1. The van der Waals surface area contributed by atoms with E-state index < -0.39 is 0 Å². The molecule has 1 aromatic carbocycles. The fraction of sp³-hybridized carbons (Fsp3) is 0.294. The average Bonchev–Trinajstić information content (AvgIpc) is 2.55. The lowest BCUT2D eigenvalue weighted by Crippen LogP contribution is -2.32. The Morgan fingerprint density at radius 2 is 2.22 bits per heavy atom. The number of amides is 1. The summed E-state index contributed by atoms with van der Waals surface area (Å²) in [5.41, 5.74) is 0.991. The van der Waals surface area contributed by atoms with Gasteiger partial charge in [0.1, 0.15) is 0 Å². The molecule has 1 atom stereocenters. The summed E-state index contributed by atoms with van der Waals surface area (Å²) >= 11 is 7.86. The molecule has 4 nitrogen and oxygen atoms in total. The fourth-order valence-corrected chi connectivity index (χ4v) is 3.94. The van der Waals surface area contributed by atoms with E-state index in [0.717, 1.165) is 17.7 Å². The largest absolute Gasteiger partial charge is 0.349 e. The SMILES string of the molecule is O=C(CCn1ccccc1=O)NC1CCSc2ccc(Cl)cc21. The topological polar surface area (TPSA) is 51.1 Å². The van der Waals surface area contributed by atoms with E-state index in [9.17, 15) is 9.59 Å². The van der Waals surface area contributed by atoms with Crippen LogP contribution in [0.2, 0.25) is 5.02 Å². The monoisotopic (exact) mass is 348 g/mol. The first-order chi connectivity index (χ1) is 11.1. The van der Waals surface area contributed by atoms with Gasteiger partial charge in [-0.2, -0.15) is 0 Å². The molecule has 23 heavy (non-hydrogen) atoms. The van der Waals surface area contributed by atoms with E-state index in [0.29, 0.717) is 11.6 Å². The number of halogens is 1. The van der Waals surface area contributed by atoms with Gasteiger partial charge >= 0.3 is 0 Å². The van der Waals surface area contributed by atoms with Crippen LogP contribution in [0.25, 0.3) is 0 Å². The molecule has 1 aliphatic rings. The normalized spacial score (nSPS) is 16.7. The minimum atomic E-state index is -0.0912. The van der Waals surface area contributed by atoms with Crippen LogP contribution in [0.5, 0.6) is 0 Å². The quantitative estimate of drug-likeness (QED) is 0.922. The van der Waals surface area contributed by atoms with Crippen LogP contribution in [0.15, 0.2) is 52.3 Å². The maximum atomic E-state index is 12.2. The maximum absolute atomic E-state index is 12.2. The molecule has 120 valence electrons. The van der Waals surface area contributed by atoms with Crippen molar-refractivity contribution in [2.45, 2.75) is 30.3 Å². The van der Waals surface area contributed by atoms with Crippen LogP contribution in [0.4, 0.5) is 0 Å². The lowest BCUT2D eigenvalue weighted by atomic mass is 10.0. The lowest BCUT2D eigenvalue weighted by molar-refractivity contribution is -0.122. The van der Waals surface area contributed by atoms with Crippen molar-refractivity contribution in [3.63, 3.8) is 0 Å². The number of nitrogens with zero attached hydrogens (tertiary/aromatic N) is 1. The van der Waals surface area contributed by atoms with E-state index in [2.05, 4.69) is 5.32 Å². The Labute approximate surface area is 143 Å². The number of aryl methyl sites for hydroxylation is 1. The molecule has 2 aromatic rings. The van der Waals surface area contributed by atoms with Gasteiger partial charge in [0, 0.05) is 40.9 Å². The van der Waals surface area contributed by atoms with Gasteiger partial charge in [-0.1, -0.05) is 17.7 Å². The Hall–Kier alpha value is -1.72. The highest BCUT2D eigenvalue weighted by Gasteiger charge is 2.22. The minimum Gasteiger partial charge on any atom is -0.349 e. The number of rotatable bonds is 4. The first kappa shape index (κ1) is 16.1. The number of aromatic nitrogens is 1. The average molecular weight is 349 g/mol. The first-order valence-corrected chi connectivity index (χ1v) is 8.87. The van der Waals surface area contributed by atoms with Crippen LogP contribution in [0.1, 0.15) is 24.4 Å². The Balaban J connectivity index is 1.64. The van der Waals surface area contributed by atoms with Crippen molar-refractivity contribution in [3.8, 4) is 0 Å². The number of hydrogen-bond donors (Lipinski definition) is 1. The molecule has 0 spiro atoms. The molecule has 0 aliphatic carbocycles. The van der Waals surface area contributed by atoms with E-state index in [1.807, 2.05) is 18.2 Å². The van der Waals surface area contributed by atoms with Crippen LogP contribution in [-0.4, -0.2) is 16.2 Å². The maximum Gasteiger partial charge on any atom is 0.250 e. The third-order valence-corrected chi connectivity index (χ3v) is 5.18. The minimum absolute atomic E-state index is 0.00931. The van der Waals surface area contributed by atoms with Gasteiger partial charge in [0.15, 0.2) is 0 Å². The standard InChI is InChI=1S/C17H17ClN2O2S/c18-12-4-5-15-13(11-12)14(7-10-23-15)19-16(21)6-9-20-8-2-1-3-17(20)22/h1-5,8,11,14H,6-7,9-10H2,(H,19,21). The summed E-state index contributed by atoms with van der Waals surface area (Å²) in [6, 6.07) is 10.8. The Morgan fingerprint density at radius 3 is 3.04 bits per heavy atom. The third-order valence-electron chi connectivity index (χ3n) is 3.83. The van der Waals surface area contributed by atoms with E-state index in [1.165, 1.54) is 11.0 Å². The number of pyridine rings is 1. The molecule has 0 radical (unpaired) electrons. The predicted octanol–water partition coefficient (Wildman–Crippen LogP) is 3.25. The van der Waals surface area contributed by atoms with E-state index in [-0.39, 0.29) is 23.9 Å². The van der Waals surface area contributed by atoms with Crippen molar-refractivity contribution < 1.29 is 4.79 Å². The Kier molecular flexibility index (Phi) is 5.08. The second-order valence-corrected chi connectivity index (χ2v) is 6.99. The van der Waals surface area contributed by atoms with Crippen LogP contribution in [0.3, 0.4) is 0 Å². The molecule has 1 aliphatic heterocycles. The lowest BCUT2D eigenvalue weighted by Gasteiger charge is -2.26. The molecular formula is C17H17ClN2O2S. The van der Waals surface area contributed by atoms with Gasteiger partial charge in [-0.15, -0.1) is 11.8 Å². The van der Waals surface area contributed by atoms with Gasteiger partial charge in [0.25, 0.3) is 5.56 Å². The van der Waals surface area contributed by atoms with Crippen LogP contribution < -0.4 is 10.9 Å². The van der Waals surface area contributed by atoms with Gasteiger partial charge in [-0.05, 0) is 36.2 Å². The van der Waals surface area contributed by atoms with Gasteiger partial charge in [0.05, 0.1) is 6.04 Å². The molecule has 6 heteroatoms. The van der Waals surface area contributed by atoms with Gasteiger partial charge in [0.2, 0.25) is 5.91 Å². The summed E-state index contributed by atoms with van der Waals surface area (Å²) in [7, 11) is 0. The van der Waals surface area contributed by atoms with Gasteiger partial charge in [-0.3, -0.25) is 9.59 Å². The van der Waals surface area contributed by atoms with Crippen LogP contribution >= 0.6 is 23.4 Å². The second-order valence-electron chi connectivity index (χ2n) is 5.42. The number of carbonyl (C=O) groups is 1. The van der Waals surface area contributed by atoms with E-state index >= 15 is 0 Å². The number of fused-ring (bicyclic) bond motifs is 1. The zero-order chi connectivity index (χ0) is 16.2. The van der Waals surface area contributed by atoms with Gasteiger partial charge in [-0.25, -0.2) is 0 Å². The summed E-state index contributed by atoms with van der Waals surface area (Å²) in [6.07, 6.45) is 2.86. The van der Waals surface area contributed by atoms with E-state index in [1.54, 1.807) is 34.7 Å². The van der Waals surface area contributed by atoms with Crippen molar-refractivity contribution in [3.05, 3.63) is 63.5 Å². The van der Waals surface area contributed by atoms with Crippen molar-refractivity contribution in [2.75, 3.05) is 5.75 Å². The zero-order valence-electron chi connectivity index (χ0n) is 12.5. The highest BCUT2D eigenvalue weighted by atomic mass is 35.5. The first-order valence-electron chi connectivity index (χ1n) is 7.50. The second kappa shape index (κ2) is 7.23. The summed E-state index contributed by atoms with van der Waals surface area (Å²) in [5.74, 6) is 0.918. The molecule has 0 saturated heterocycles. The summed E-state index contributed by atoms with van der Waals surface area (Å²) in [5, 5.41) is 3.75.